The smallest absolute Gasteiger partial charge is 0.264 e. The predicted molar refractivity (Wildman–Crippen MR) is 427 cm³/mol. The standard InChI is InChI=1S/C84H116N10O11S3/c1-10-83-53-84(54-83,55-83)70-49-82(8,9)34-30-64(70)50-92-39-41-93(42-40-92)66-24-22-63(23-25-66)78(99)90-108(102,103)69-26-27-71(57(2)47-69)88-65(52-106-68-15-12-11-13-16-68)33-38-91-36-31-61(32-37-91)73(96)17-14-43-104-45-46-105-44-35-85-74(97)28-29-75(98)89-77(81(5,6)7)80(101)94-51-67(95)48-72(94)79(100)87-58(3)60-18-20-62(21-19-60)76-59(4)86-56-107-76/h11-13,15-16,18-27,47,56,58,61,65,67,72,77,88,95H,10,14,17,28-46,48-55H2,1-9H3,(H,85,97)(H,87,100)(H,89,98)(H,90,99)/t58-,65+,67+,72-,77+,83?,84?/m0/s1. The second-order valence-corrected chi connectivity index (χ2v) is 36.8. The van der Waals surface area contributed by atoms with Crippen molar-refractivity contribution in [2.75, 3.05) is 108 Å². The number of likely N-dealkylation sites (tertiary alicyclic amines) is 2. The van der Waals surface area contributed by atoms with Gasteiger partial charge in [-0.05, 0) is 191 Å². The molecule has 5 aromatic rings. The van der Waals surface area contributed by atoms with E-state index in [-0.39, 0.29) is 79.1 Å². The number of Topliss-reactive ketones (excluding diaryl/α,β-unsaturated/α-hetero) is 1. The summed E-state index contributed by atoms with van der Waals surface area (Å²) in [6.07, 6.45) is 11.6. The van der Waals surface area contributed by atoms with Crippen LogP contribution in [-0.4, -0.2) is 190 Å². The molecule has 0 radical (unpaired) electrons. The second-order valence-electron chi connectivity index (χ2n) is 33.2. The number of carbonyl (C=O) groups is 6. The van der Waals surface area contributed by atoms with Crippen LogP contribution in [0.15, 0.2) is 124 Å². The first-order valence-corrected chi connectivity index (χ1v) is 42.6. The lowest BCUT2D eigenvalue weighted by molar-refractivity contribution is -0.182. The van der Waals surface area contributed by atoms with Gasteiger partial charge in [0.25, 0.3) is 15.9 Å². The zero-order valence-electron chi connectivity index (χ0n) is 65.0. The van der Waals surface area contributed by atoms with Gasteiger partial charge in [0, 0.05) is 124 Å². The molecule has 0 unspecified atom stereocenters. The summed E-state index contributed by atoms with van der Waals surface area (Å²) in [5.41, 5.74) is 11.8. The fraction of sp³-hybridized carbons (Fsp3) is 0.583. The highest BCUT2D eigenvalue weighted by atomic mass is 32.2. The van der Waals surface area contributed by atoms with E-state index in [1.54, 1.807) is 59.0 Å². The van der Waals surface area contributed by atoms with E-state index < -0.39 is 57.3 Å². The minimum absolute atomic E-state index is 0.00240. The Morgan fingerprint density at radius 2 is 1.50 bits per heavy atom. The largest absolute Gasteiger partial charge is 0.391 e. The molecule has 5 amide bonds. The number of piperidine rings is 1. The SMILES string of the molecule is CCC12CC(C3=C(CN4CCN(c5ccc(C(=O)NS(=O)(=O)c6ccc(N[C@H](CCN7CCC(C(=O)CCCOCCOCCNC(=O)CCC(=O)N[C@H](C(=O)N8C[C@H](O)C[C@H]8C(=O)N[C@@H](C)c8ccc(-c9scnc9C)cc8)C(C)(C)C)CC7)CSc7ccccc7)c(C)c6)cc5)CC4)CCC(C)(C)C3)(C1)C2. The van der Waals surface area contributed by atoms with Crippen LogP contribution in [0.4, 0.5) is 11.4 Å². The Bertz CT molecular complexity index is 4050. The van der Waals surface area contributed by atoms with Crippen LogP contribution in [0.2, 0.25) is 0 Å². The average molecular weight is 1540 g/mol. The van der Waals surface area contributed by atoms with Gasteiger partial charge in [-0.2, -0.15) is 0 Å². The number of ether oxygens (including phenoxy) is 2. The number of nitrogens with zero attached hydrogens (tertiary/aromatic N) is 5. The summed E-state index contributed by atoms with van der Waals surface area (Å²) in [5.74, 6) is -1.37. The number of β-amino-alcohol motifs (C(OH)–C–C–N with tert-alkyl or cyclic N) is 1. The number of hydrogen-bond donors (Lipinski definition) is 6. The molecule has 4 aliphatic carbocycles. The second kappa shape index (κ2) is 36.4. The van der Waals surface area contributed by atoms with Crippen LogP contribution < -0.4 is 30.9 Å². The molecule has 7 aliphatic rings. The molecule has 6 fully saturated rings. The van der Waals surface area contributed by atoms with Crippen molar-refractivity contribution in [1.82, 2.24) is 40.4 Å². The fourth-order valence-corrected chi connectivity index (χ4v) is 19.7. The van der Waals surface area contributed by atoms with E-state index in [1.807, 2.05) is 107 Å². The van der Waals surface area contributed by atoms with Gasteiger partial charge in [0.05, 0.1) is 52.9 Å². The summed E-state index contributed by atoms with van der Waals surface area (Å²) in [4.78, 5) is 96.2. The van der Waals surface area contributed by atoms with E-state index in [2.05, 4.69) is 78.6 Å². The highest BCUT2D eigenvalue weighted by Gasteiger charge is 2.68. The lowest BCUT2D eigenvalue weighted by Gasteiger charge is -2.73. The molecule has 4 heterocycles. The van der Waals surface area contributed by atoms with Crippen LogP contribution in [0, 0.1) is 41.4 Å². The maximum Gasteiger partial charge on any atom is 0.264 e. The number of sulfonamides is 1. The Morgan fingerprint density at radius 1 is 0.806 bits per heavy atom. The number of ketones is 1. The summed E-state index contributed by atoms with van der Waals surface area (Å²) < 4.78 is 41.4. The van der Waals surface area contributed by atoms with Crippen LogP contribution >= 0.6 is 23.1 Å². The van der Waals surface area contributed by atoms with Gasteiger partial charge in [0.1, 0.15) is 17.9 Å². The first kappa shape index (κ1) is 81.9. The molecular weight excluding hydrogens is 1420 g/mol. The van der Waals surface area contributed by atoms with E-state index in [0.717, 1.165) is 121 Å². The third-order valence-corrected chi connectivity index (χ3v) is 26.9. The van der Waals surface area contributed by atoms with Crippen molar-refractivity contribution in [2.24, 2.45) is 27.6 Å². The number of amides is 5. The number of benzene rings is 4. The molecule has 21 nitrogen and oxygen atoms in total. The monoisotopic (exact) mass is 1540 g/mol. The van der Waals surface area contributed by atoms with E-state index in [9.17, 15) is 42.3 Å². The van der Waals surface area contributed by atoms with E-state index >= 15 is 0 Å². The summed E-state index contributed by atoms with van der Waals surface area (Å²) in [5, 5.41) is 23.0. The van der Waals surface area contributed by atoms with E-state index in [1.165, 1.54) is 49.8 Å². The van der Waals surface area contributed by atoms with Crippen molar-refractivity contribution in [1.29, 1.82) is 0 Å². The lowest BCUT2D eigenvalue weighted by Crippen LogP contribution is -2.63. The van der Waals surface area contributed by atoms with Crippen molar-refractivity contribution in [3.63, 3.8) is 0 Å². The van der Waals surface area contributed by atoms with E-state index in [4.69, 9.17) is 9.47 Å². The minimum atomic E-state index is -4.19. The third-order valence-electron chi connectivity index (χ3n) is 23.4. The van der Waals surface area contributed by atoms with Crippen molar-refractivity contribution in [3.8, 4) is 10.4 Å². The van der Waals surface area contributed by atoms with Gasteiger partial charge < -0.3 is 50.5 Å². The third kappa shape index (κ3) is 21.3. The molecule has 586 valence electrons. The number of thiazole rings is 1. The number of piperazine rings is 1. The van der Waals surface area contributed by atoms with Gasteiger partial charge >= 0.3 is 0 Å². The topological polar surface area (TPSA) is 261 Å². The van der Waals surface area contributed by atoms with Gasteiger partial charge in [-0.25, -0.2) is 18.1 Å². The quantitative estimate of drug-likeness (QED) is 0.0124. The predicted octanol–water partition coefficient (Wildman–Crippen LogP) is 12.1. The Hall–Kier alpha value is -7.03. The van der Waals surface area contributed by atoms with Crippen molar-refractivity contribution in [2.45, 2.75) is 199 Å². The number of aryl methyl sites for hydroxylation is 2. The molecule has 2 bridgehead atoms. The van der Waals surface area contributed by atoms with Crippen LogP contribution in [-0.2, 0) is 43.5 Å². The summed E-state index contributed by atoms with van der Waals surface area (Å²) in [6, 6.07) is 28.1. The highest BCUT2D eigenvalue weighted by Crippen LogP contribution is 2.79. The molecule has 5 atom stereocenters. The van der Waals surface area contributed by atoms with Gasteiger partial charge in [0.15, 0.2) is 0 Å². The van der Waals surface area contributed by atoms with Crippen LogP contribution in [0.5, 0.6) is 0 Å². The number of carbonyl (C=O) groups excluding carboxylic acids is 6. The molecule has 3 aliphatic heterocycles. The first-order chi connectivity index (χ1) is 51.6. The maximum atomic E-state index is 14.2. The number of aromatic nitrogens is 1. The molecule has 4 aromatic carbocycles. The van der Waals surface area contributed by atoms with Gasteiger partial charge in [-0.15, -0.1) is 23.1 Å². The fourth-order valence-electron chi connectivity index (χ4n) is 16.9. The number of nitrogens with one attached hydrogen (secondary N) is 5. The Morgan fingerprint density at radius 3 is 2.17 bits per heavy atom. The average Bonchev–Trinajstić information content (AvgIpc) is 0.731. The number of rotatable bonds is 36. The molecule has 6 N–H and O–H groups in total. The molecule has 3 saturated heterocycles. The number of anilines is 2. The van der Waals surface area contributed by atoms with Crippen molar-refractivity contribution in [3.05, 3.63) is 136 Å². The molecule has 108 heavy (non-hydrogen) atoms. The number of aliphatic hydroxyl groups is 1. The van der Waals surface area contributed by atoms with Crippen LogP contribution in [0.3, 0.4) is 0 Å². The van der Waals surface area contributed by atoms with Crippen molar-refractivity contribution < 1.29 is 51.8 Å². The minimum Gasteiger partial charge on any atom is -0.391 e. The van der Waals surface area contributed by atoms with Crippen LogP contribution in [0.1, 0.15) is 178 Å². The number of allylic oxidation sites excluding steroid dienone is 1. The molecular formula is C84H116N10O11S3. The van der Waals surface area contributed by atoms with Crippen molar-refractivity contribution >= 4 is 79.8 Å². The Balaban J connectivity index is 0.542. The van der Waals surface area contributed by atoms with Gasteiger partial charge in [0.2, 0.25) is 23.6 Å². The molecule has 3 saturated carbocycles. The lowest BCUT2D eigenvalue weighted by atomic mass is 9.31. The van der Waals surface area contributed by atoms with Gasteiger partial charge in [-0.3, -0.25) is 33.7 Å². The summed E-state index contributed by atoms with van der Waals surface area (Å²) in [6.45, 7) is 27.2. The zero-order valence-corrected chi connectivity index (χ0v) is 67.4. The molecule has 24 heteroatoms. The first-order valence-electron chi connectivity index (χ1n) is 39.2. The summed E-state index contributed by atoms with van der Waals surface area (Å²) >= 11 is 3.33. The summed E-state index contributed by atoms with van der Waals surface area (Å²) in [7, 11) is -4.19. The molecule has 1 aromatic heterocycles. The molecule has 12 rings (SSSR count). The number of hydrogen-bond acceptors (Lipinski definition) is 18. The Labute approximate surface area is 648 Å². The van der Waals surface area contributed by atoms with Gasteiger partial charge in [-0.1, -0.05) is 102 Å². The maximum absolute atomic E-state index is 14.2. The molecule has 0 spiro atoms. The highest BCUT2D eigenvalue weighted by molar-refractivity contribution is 7.99. The number of aliphatic hydroxyl groups excluding tert-OH is 1. The zero-order chi connectivity index (χ0) is 77.0. The number of thioether (sulfide) groups is 1. The van der Waals surface area contributed by atoms with E-state index in [0.29, 0.717) is 48.9 Å². The van der Waals surface area contributed by atoms with Crippen LogP contribution in [0.25, 0.3) is 10.4 Å². The normalized spacial score (nSPS) is 22.0. The Kier molecular flexibility index (Phi) is 27.6.